The third-order valence-electron chi connectivity index (χ3n) is 5.99. The number of benzene rings is 2. The molecule has 0 radical (unpaired) electrons. The van der Waals surface area contributed by atoms with Crippen LogP contribution >= 0.6 is 0 Å². The summed E-state index contributed by atoms with van der Waals surface area (Å²) in [6, 6.07) is 9.22. The molecule has 3 aromatic rings. The predicted molar refractivity (Wildman–Crippen MR) is 121 cm³/mol. The molecule has 2 aromatic carbocycles. The molecule has 1 aromatic heterocycles. The molecule has 0 N–H and O–H groups in total. The third kappa shape index (κ3) is 3.90. The van der Waals surface area contributed by atoms with Crippen LogP contribution in [0.2, 0.25) is 0 Å². The van der Waals surface area contributed by atoms with Crippen molar-refractivity contribution in [2.24, 2.45) is 0 Å². The Labute approximate surface area is 187 Å². The van der Waals surface area contributed by atoms with Gasteiger partial charge in [-0.1, -0.05) is 11.2 Å². The van der Waals surface area contributed by atoms with Gasteiger partial charge in [0.2, 0.25) is 0 Å². The molecule has 1 aliphatic heterocycles. The highest BCUT2D eigenvalue weighted by Crippen LogP contribution is 2.39. The second-order valence-electron chi connectivity index (χ2n) is 7.93. The van der Waals surface area contributed by atoms with E-state index in [0.717, 1.165) is 41.1 Å². The summed E-state index contributed by atoms with van der Waals surface area (Å²) in [6.07, 6.45) is 1.84. The van der Waals surface area contributed by atoms with Gasteiger partial charge in [0.05, 0.1) is 31.2 Å². The smallest absolute Gasteiger partial charge is 0.258 e. The van der Waals surface area contributed by atoms with Gasteiger partial charge in [-0.2, -0.15) is 0 Å². The molecule has 4 rings (SSSR count). The predicted octanol–water partition coefficient (Wildman–Crippen LogP) is 4.79. The van der Waals surface area contributed by atoms with Crippen molar-refractivity contribution in [1.29, 1.82) is 0 Å². The third-order valence-corrected chi connectivity index (χ3v) is 5.99. The van der Waals surface area contributed by atoms with Crippen LogP contribution in [0.3, 0.4) is 0 Å². The maximum Gasteiger partial charge on any atom is 0.258 e. The molecule has 2 heterocycles. The molecule has 0 atom stereocenters. The van der Waals surface area contributed by atoms with Crippen LogP contribution < -0.4 is 19.1 Å². The van der Waals surface area contributed by atoms with Crippen molar-refractivity contribution in [3.8, 4) is 17.2 Å². The first-order valence-electron chi connectivity index (χ1n) is 10.7. The highest BCUT2D eigenvalue weighted by atomic mass is 16.5. The van der Waals surface area contributed by atoms with Crippen LogP contribution in [0.4, 0.5) is 5.69 Å². The fourth-order valence-electron chi connectivity index (χ4n) is 4.15. The SMILES string of the molecule is COc1cc(C(=O)N2CCCc3c(C)ccc(OC)c32)ccc1OCc1c(C)noc1C. The number of hydrogen-bond acceptors (Lipinski definition) is 6. The monoisotopic (exact) mass is 436 g/mol. The molecule has 7 heteroatoms. The summed E-state index contributed by atoms with van der Waals surface area (Å²) in [5.41, 5.74) is 5.42. The van der Waals surface area contributed by atoms with Crippen molar-refractivity contribution in [3.63, 3.8) is 0 Å². The number of amides is 1. The number of carbonyl (C=O) groups is 1. The summed E-state index contributed by atoms with van der Waals surface area (Å²) >= 11 is 0. The molecule has 0 saturated heterocycles. The zero-order valence-corrected chi connectivity index (χ0v) is 19.2. The lowest BCUT2D eigenvalue weighted by Crippen LogP contribution is -2.36. The number of rotatable bonds is 6. The second-order valence-corrected chi connectivity index (χ2v) is 7.93. The van der Waals surface area contributed by atoms with Crippen LogP contribution in [0.1, 0.15) is 44.9 Å². The Morgan fingerprint density at radius 3 is 2.50 bits per heavy atom. The molecule has 32 heavy (non-hydrogen) atoms. The summed E-state index contributed by atoms with van der Waals surface area (Å²) in [7, 11) is 3.20. The van der Waals surface area contributed by atoms with Crippen molar-refractivity contribution in [2.45, 2.75) is 40.2 Å². The van der Waals surface area contributed by atoms with E-state index in [1.165, 1.54) is 5.56 Å². The number of carbonyl (C=O) groups excluding carboxylic acids is 1. The van der Waals surface area contributed by atoms with Gasteiger partial charge in [0.1, 0.15) is 18.1 Å². The van der Waals surface area contributed by atoms with Crippen LogP contribution in [0.5, 0.6) is 17.2 Å². The zero-order chi connectivity index (χ0) is 22.8. The van der Waals surface area contributed by atoms with E-state index < -0.39 is 0 Å². The fourth-order valence-corrected chi connectivity index (χ4v) is 4.15. The zero-order valence-electron chi connectivity index (χ0n) is 19.2. The van der Waals surface area contributed by atoms with Crippen molar-refractivity contribution in [2.75, 3.05) is 25.7 Å². The van der Waals surface area contributed by atoms with Gasteiger partial charge in [-0.05, 0) is 69.0 Å². The van der Waals surface area contributed by atoms with Crippen LogP contribution in [0.25, 0.3) is 0 Å². The first-order chi connectivity index (χ1) is 15.4. The quantitative estimate of drug-likeness (QED) is 0.553. The van der Waals surface area contributed by atoms with Crippen LogP contribution in [-0.2, 0) is 13.0 Å². The fraction of sp³-hybridized carbons (Fsp3) is 0.360. The summed E-state index contributed by atoms with van der Waals surface area (Å²) < 4.78 is 22.3. The van der Waals surface area contributed by atoms with E-state index in [-0.39, 0.29) is 5.91 Å². The van der Waals surface area contributed by atoms with E-state index in [2.05, 4.69) is 12.1 Å². The maximum absolute atomic E-state index is 13.5. The Morgan fingerprint density at radius 2 is 1.81 bits per heavy atom. The molecule has 1 amide bonds. The average Bonchev–Trinajstić information content (AvgIpc) is 3.14. The standard InChI is InChI=1S/C25H28N2O5/c1-15-8-10-22(29-4)24-19(15)7-6-12-27(24)25(28)18-9-11-21(23(13-18)30-5)31-14-20-16(2)26-32-17(20)3/h8-11,13H,6-7,12,14H2,1-5H3. The van der Waals surface area contributed by atoms with Gasteiger partial charge in [0, 0.05) is 12.1 Å². The lowest BCUT2D eigenvalue weighted by molar-refractivity contribution is 0.0984. The molecule has 0 spiro atoms. The summed E-state index contributed by atoms with van der Waals surface area (Å²) in [6.45, 7) is 6.74. The molecule has 168 valence electrons. The van der Waals surface area contributed by atoms with Gasteiger partial charge < -0.3 is 23.6 Å². The topological polar surface area (TPSA) is 74.0 Å². The number of aryl methyl sites for hydroxylation is 3. The normalized spacial score (nSPS) is 13.0. The van der Waals surface area contributed by atoms with Crippen molar-refractivity contribution in [1.82, 2.24) is 5.16 Å². The summed E-state index contributed by atoms with van der Waals surface area (Å²) in [5, 5.41) is 3.95. The Balaban J connectivity index is 1.61. The van der Waals surface area contributed by atoms with Gasteiger partial charge in [0.25, 0.3) is 5.91 Å². The number of nitrogens with zero attached hydrogens (tertiary/aromatic N) is 2. The molecule has 0 unspecified atom stereocenters. The molecular weight excluding hydrogens is 408 g/mol. The lowest BCUT2D eigenvalue weighted by atomic mass is 9.95. The molecular formula is C25H28N2O5. The van der Waals surface area contributed by atoms with Crippen molar-refractivity contribution >= 4 is 11.6 Å². The Bertz CT molecular complexity index is 1130. The van der Waals surface area contributed by atoms with Gasteiger partial charge >= 0.3 is 0 Å². The van der Waals surface area contributed by atoms with Crippen LogP contribution in [-0.4, -0.2) is 31.8 Å². The Kier molecular flexibility index (Phi) is 6.08. The minimum atomic E-state index is -0.0922. The molecule has 1 aliphatic rings. The van der Waals surface area contributed by atoms with Gasteiger partial charge in [-0.15, -0.1) is 0 Å². The lowest BCUT2D eigenvalue weighted by Gasteiger charge is -2.32. The Hall–Kier alpha value is -3.48. The minimum absolute atomic E-state index is 0.0922. The molecule has 0 aliphatic carbocycles. The van der Waals surface area contributed by atoms with E-state index in [4.69, 9.17) is 18.7 Å². The average molecular weight is 437 g/mol. The highest BCUT2D eigenvalue weighted by Gasteiger charge is 2.28. The van der Waals surface area contributed by atoms with E-state index in [0.29, 0.717) is 36.0 Å². The minimum Gasteiger partial charge on any atom is -0.495 e. The largest absolute Gasteiger partial charge is 0.495 e. The Morgan fingerprint density at radius 1 is 1.06 bits per heavy atom. The molecule has 0 saturated carbocycles. The summed E-state index contributed by atoms with van der Waals surface area (Å²) in [5.74, 6) is 2.39. The number of methoxy groups -OCH3 is 2. The van der Waals surface area contributed by atoms with Crippen molar-refractivity contribution in [3.05, 3.63) is 64.0 Å². The first kappa shape index (κ1) is 21.7. The van der Waals surface area contributed by atoms with Crippen LogP contribution in [0, 0.1) is 20.8 Å². The number of anilines is 1. The number of aromatic nitrogens is 1. The molecule has 0 bridgehead atoms. The second kappa shape index (κ2) is 8.94. The maximum atomic E-state index is 13.5. The van der Waals surface area contributed by atoms with E-state index in [1.807, 2.05) is 30.9 Å². The molecule has 7 nitrogen and oxygen atoms in total. The highest BCUT2D eigenvalue weighted by molar-refractivity contribution is 6.08. The number of hydrogen-bond donors (Lipinski definition) is 0. The van der Waals surface area contributed by atoms with Gasteiger partial charge in [0.15, 0.2) is 11.5 Å². The number of fused-ring (bicyclic) bond motifs is 1. The first-order valence-corrected chi connectivity index (χ1v) is 10.7. The van der Waals surface area contributed by atoms with E-state index >= 15 is 0 Å². The number of ether oxygens (including phenoxy) is 3. The van der Waals surface area contributed by atoms with Gasteiger partial charge in [-0.3, -0.25) is 4.79 Å². The van der Waals surface area contributed by atoms with Crippen molar-refractivity contribution < 1.29 is 23.5 Å². The summed E-state index contributed by atoms with van der Waals surface area (Å²) in [4.78, 5) is 15.3. The van der Waals surface area contributed by atoms with E-state index in [9.17, 15) is 4.79 Å². The molecule has 0 fully saturated rings. The van der Waals surface area contributed by atoms with Crippen LogP contribution in [0.15, 0.2) is 34.9 Å². The van der Waals surface area contributed by atoms with E-state index in [1.54, 1.807) is 32.4 Å². The van der Waals surface area contributed by atoms with Gasteiger partial charge in [-0.25, -0.2) is 0 Å².